The van der Waals surface area contributed by atoms with Crippen molar-refractivity contribution in [2.45, 2.75) is 19.8 Å². The number of hydrogen-bond donors (Lipinski definition) is 2. The molecule has 2 N–H and O–H groups in total. The second-order valence-electron chi connectivity index (χ2n) is 5.39. The van der Waals surface area contributed by atoms with Gasteiger partial charge in [-0.05, 0) is 18.6 Å². The minimum atomic E-state index is -0.169. The molecule has 0 bridgehead atoms. The number of rotatable bonds is 5. The van der Waals surface area contributed by atoms with Crippen LogP contribution < -0.4 is 15.5 Å². The van der Waals surface area contributed by atoms with Crippen molar-refractivity contribution in [3.05, 3.63) is 38.8 Å². The number of aromatic amines is 1. The van der Waals surface area contributed by atoms with Crippen molar-refractivity contribution in [2.75, 3.05) is 12.4 Å². The smallest absolute Gasteiger partial charge is 0.226 e. The molecular weight excluding hydrogens is 362 g/mol. The maximum absolute atomic E-state index is 12.4. The number of anilines is 1. The minimum absolute atomic E-state index is 0.0804. The van der Waals surface area contributed by atoms with Crippen molar-refractivity contribution in [1.82, 2.24) is 9.97 Å². The van der Waals surface area contributed by atoms with E-state index in [0.29, 0.717) is 44.6 Å². The van der Waals surface area contributed by atoms with Crippen LogP contribution in [0.3, 0.4) is 0 Å². The van der Waals surface area contributed by atoms with E-state index in [1.54, 1.807) is 17.5 Å². The summed E-state index contributed by atoms with van der Waals surface area (Å²) in [5.74, 6) is 0.399. The van der Waals surface area contributed by atoms with Crippen LogP contribution >= 0.6 is 22.9 Å². The lowest BCUT2D eigenvalue weighted by atomic mass is 10.1. The van der Waals surface area contributed by atoms with E-state index in [0.717, 1.165) is 6.42 Å². The average molecular weight is 378 g/mol. The lowest BCUT2D eigenvalue weighted by Crippen LogP contribution is -2.10. The Hall–Kier alpha value is -2.38. The molecule has 0 saturated carbocycles. The summed E-state index contributed by atoms with van der Waals surface area (Å²) in [6.45, 7) is 1.94. The number of fused-ring (bicyclic) bond motifs is 1. The number of nitrogens with zero attached hydrogens (tertiary/aromatic N) is 1. The molecule has 3 rings (SSSR count). The van der Waals surface area contributed by atoms with Gasteiger partial charge in [0, 0.05) is 23.3 Å². The fourth-order valence-corrected chi connectivity index (χ4v) is 3.44. The van der Waals surface area contributed by atoms with Crippen LogP contribution in [0.4, 0.5) is 5.13 Å². The van der Waals surface area contributed by atoms with Crippen LogP contribution in [0.25, 0.3) is 22.3 Å². The Morgan fingerprint density at radius 3 is 2.96 bits per heavy atom. The van der Waals surface area contributed by atoms with Crippen LogP contribution in [-0.2, 0) is 4.79 Å². The number of halogens is 1. The number of nitrogens with one attached hydrogen (secondary N) is 2. The molecule has 0 fully saturated rings. The topological polar surface area (TPSA) is 84.1 Å². The highest BCUT2D eigenvalue weighted by atomic mass is 35.5. The van der Waals surface area contributed by atoms with E-state index in [1.807, 2.05) is 6.92 Å². The number of thiazole rings is 1. The molecule has 0 unspecified atom stereocenters. The summed E-state index contributed by atoms with van der Waals surface area (Å²) in [7, 11) is 1.51. The highest BCUT2D eigenvalue weighted by Crippen LogP contribution is 2.32. The first-order valence-electron chi connectivity index (χ1n) is 7.68. The van der Waals surface area contributed by atoms with Gasteiger partial charge in [-0.25, -0.2) is 4.98 Å². The van der Waals surface area contributed by atoms with Crippen LogP contribution in [0.2, 0.25) is 5.02 Å². The lowest BCUT2D eigenvalue weighted by molar-refractivity contribution is -0.116. The summed E-state index contributed by atoms with van der Waals surface area (Å²) in [6.07, 6.45) is 1.21. The van der Waals surface area contributed by atoms with Crippen molar-refractivity contribution in [3.63, 3.8) is 0 Å². The van der Waals surface area contributed by atoms with Gasteiger partial charge in [-0.2, -0.15) is 0 Å². The van der Waals surface area contributed by atoms with Gasteiger partial charge in [0.15, 0.2) is 10.6 Å². The number of carbonyl (C=O) groups is 1. The van der Waals surface area contributed by atoms with Crippen LogP contribution in [0.15, 0.2) is 28.4 Å². The quantitative estimate of drug-likeness (QED) is 0.702. The molecule has 1 aromatic carbocycles. The van der Waals surface area contributed by atoms with Crippen molar-refractivity contribution < 1.29 is 9.53 Å². The molecular formula is C17H16ClN3O3S. The van der Waals surface area contributed by atoms with E-state index < -0.39 is 0 Å². The number of carbonyl (C=O) groups excluding carboxylic acids is 1. The van der Waals surface area contributed by atoms with E-state index in [2.05, 4.69) is 15.3 Å². The highest BCUT2D eigenvalue weighted by molar-refractivity contribution is 7.14. The molecule has 0 aliphatic rings. The van der Waals surface area contributed by atoms with Crippen molar-refractivity contribution in [3.8, 4) is 17.1 Å². The first-order chi connectivity index (χ1) is 12.0. The zero-order chi connectivity index (χ0) is 18.0. The number of benzene rings is 1. The molecule has 6 nitrogen and oxygen atoms in total. The van der Waals surface area contributed by atoms with Crippen molar-refractivity contribution >= 4 is 44.9 Å². The lowest BCUT2D eigenvalue weighted by Gasteiger charge is -2.07. The van der Waals surface area contributed by atoms with E-state index >= 15 is 0 Å². The van der Waals surface area contributed by atoms with Crippen molar-refractivity contribution in [2.24, 2.45) is 0 Å². The normalized spacial score (nSPS) is 10.8. The summed E-state index contributed by atoms with van der Waals surface area (Å²) in [4.78, 5) is 31.6. The molecule has 0 aliphatic heterocycles. The van der Waals surface area contributed by atoms with Crippen LogP contribution in [0, 0.1) is 0 Å². The SMILES string of the molecule is CCCC(=O)Nc1nc(-c2cc(=O)c3ccc(OC)c(Cl)c3[nH]2)cs1. The summed E-state index contributed by atoms with van der Waals surface area (Å²) in [6, 6.07) is 4.79. The van der Waals surface area contributed by atoms with Gasteiger partial charge in [-0.3, -0.25) is 9.59 Å². The molecule has 1 amide bonds. The number of methoxy groups -OCH3 is 1. The van der Waals surface area contributed by atoms with E-state index in [1.165, 1.54) is 24.5 Å². The van der Waals surface area contributed by atoms with Gasteiger partial charge in [0.25, 0.3) is 0 Å². The molecule has 0 aliphatic carbocycles. The second kappa shape index (κ2) is 7.25. The van der Waals surface area contributed by atoms with Gasteiger partial charge in [0.2, 0.25) is 5.91 Å². The molecule has 0 radical (unpaired) electrons. The Morgan fingerprint density at radius 1 is 1.44 bits per heavy atom. The monoisotopic (exact) mass is 377 g/mol. The molecule has 25 heavy (non-hydrogen) atoms. The number of hydrogen-bond acceptors (Lipinski definition) is 5. The summed E-state index contributed by atoms with van der Waals surface area (Å²) in [5.41, 5.74) is 1.42. The number of aromatic nitrogens is 2. The molecule has 0 spiro atoms. The molecule has 2 heterocycles. The Morgan fingerprint density at radius 2 is 2.24 bits per heavy atom. The van der Waals surface area contributed by atoms with Gasteiger partial charge < -0.3 is 15.0 Å². The Balaban J connectivity index is 2.02. The maximum atomic E-state index is 12.4. The fraction of sp³-hybridized carbons (Fsp3) is 0.235. The molecule has 3 aromatic rings. The second-order valence-corrected chi connectivity index (χ2v) is 6.62. The summed E-state index contributed by atoms with van der Waals surface area (Å²) >= 11 is 7.61. The Kier molecular flexibility index (Phi) is 5.06. The van der Waals surface area contributed by atoms with Gasteiger partial charge in [0.05, 0.1) is 24.0 Å². The third-order valence-electron chi connectivity index (χ3n) is 3.63. The van der Waals surface area contributed by atoms with E-state index in [9.17, 15) is 9.59 Å². The highest BCUT2D eigenvalue weighted by Gasteiger charge is 2.13. The summed E-state index contributed by atoms with van der Waals surface area (Å²) in [5, 5.41) is 5.82. The Bertz CT molecular complexity index is 996. The number of H-pyrrole nitrogens is 1. The van der Waals surface area contributed by atoms with Crippen LogP contribution in [-0.4, -0.2) is 23.0 Å². The average Bonchev–Trinajstić information content (AvgIpc) is 3.04. The zero-order valence-corrected chi connectivity index (χ0v) is 15.3. The van der Waals surface area contributed by atoms with Gasteiger partial charge in [-0.15, -0.1) is 11.3 Å². The van der Waals surface area contributed by atoms with E-state index in [4.69, 9.17) is 16.3 Å². The fourth-order valence-electron chi connectivity index (χ4n) is 2.42. The summed E-state index contributed by atoms with van der Waals surface area (Å²) < 4.78 is 5.19. The molecule has 2 aromatic heterocycles. The maximum Gasteiger partial charge on any atom is 0.226 e. The third kappa shape index (κ3) is 3.52. The van der Waals surface area contributed by atoms with E-state index in [-0.39, 0.29) is 11.3 Å². The predicted octanol–water partition coefficient (Wildman–Crippen LogP) is 4.05. The molecule has 0 atom stereocenters. The molecule has 0 saturated heterocycles. The Labute approximate surface area is 152 Å². The molecule has 130 valence electrons. The standard InChI is InChI=1S/C17H16ClN3O3S/c1-3-4-14(23)21-17-20-11(8-25-17)10-7-12(22)9-5-6-13(24-2)15(18)16(9)19-10/h5-8H,3-4H2,1-2H3,(H,19,22)(H,20,21,23). The number of pyridine rings is 1. The number of ether oxygens (including phenoxy) is 1. The van der Waals surface area contributed by atoms with Gasteiger partial charge in [-0.1, -0.05) is 18.5 Å². The molecule has 8 heteroatoms. The predicted molar refractivity (Wildman–Crippen MR) is 101 cm³/mol. The zero-order valence-electron chi connectivity index (χ0n) is 13.7. The third-order valence-corrected chi connectivity index (χ3v) is 4.76. The largest absolute Gasteiger partial charge is 0.495 e. The minimum Gasteiger partial charge on any atom is -0.495 e. The number of amides is 1. The van der Waals surface area contributed by atoms with Crippen molar-refractivity contribution in [1.29, 1.82) is 0 Å². The first kappa shape index (κ1) is 17.4. The van der Waals surface area contributed by atoms with Crippen LogP contribution in [0.5, 0.6) is 5.75 Å². The first-order valence-corrected chi connectivity index (χ1v) is 8.94. The van der Waals surface area contributed by atoms with Gasteiger partial charge >= 0.3 is 0 Å². The van der Waals surface area contributed by atoms with Gasteiger partial charge in [0.1, 0.15) is 10.8 Å². The van der Waals surface area contributed by atoms with Crippen LogP contribution in [0.1, 0.15) is 19.8 Å².